The smallest absolute Gasteiger partial charge is 0.191 e. The molecule has 0 spiro atoms. The molecule has 2 aromatic rings. The first-order valence-corrected chi connectivity index (χ1v) is 7.73. The molecule has 0 bridgehead atoms. The molecule has 3 N–H and O–H groups in total. The van der Waals surface area contributed by atoms with Gasteiger partial charge in [-0.15, -0.1) is 0 Å². The number of hydrogen-bond acceptors (Lipinski definition) is 5. The van der Waals surface area contributed by atoms with E-state index in [9.17, 15) is 0 Å². The fourth-order valence-electron chi connectivity index (χ4n) is 1.83. The molecule has 0 aliphatic carbocycles. The topological polar surface area (TPSA) is 63.8 Å². The Morgan fingerprint density at radius 2 is 1.79 bits per heavy atom. The molecule has 0 radical (unpaired) electrons. The molecule has 0 aliphatic rings. The Morgan fingerprint density at radius 3 is 2.37 bits per heavy atom. The maximum atomic E-state index is 5.78. The van der Waals surface area contributed by atoms with Crippen LogP contribution in [0.5, 0.6) is 0 Å². The van der Waals surface area contributed by atoms with Gasteiger partial charge in [0.25, 0.3) is 0 Å². The van der Waals surface area contributed by atoms with Gasteiger partial charge in [-0.1, -0.05) is 27.7 Å². The summed E-state index contributed by atoms with van der Waals surface area (Å²) < 4.78 is 1.07. The summed E-state index contributed by atoms with van der Waals surface area (Å²) in [6.07, 6.45) is 1.93. The molecule has 19 heavy (non-hydrogen) atoms. The Balaban J connectivity index is 2.39. The van der Waals surface area contributed by atoms with Gasteiger partial charge in [-0.25, -0.2) is 9.97 Å². The number of nitrogens with zero attached hydrogens (tertiary/aromatic N) is 2. The monoisotopic (exact) mass is 338 g/mol. The molecule has 2 rings (SSSR count). The van der Waals surface area contributed by atoms with Gasteiger partial charge in [-0.05, 0) is 43.4 Å². The second kappa shape index (κ2) is 5.79. The zero-order chi connectivity index (χ0) is 14.0. The number of anilines is 3. The van der Waals surface area contributed by atoms with Crippen LogP contribution < -0.4 is 11.1 Å². The van der Waals surface area contributed by atoms with E-state index in [0.29, 0.717) is 16.8 Å². The van der Waals surface area contributed by atoms with Crippen LogP contribution in [0.1, 0.15) is 11.1 Å². The highest BCUT2D eigenvalue weighted by Crippen LogP contribution is 2.28. The summed E-state index contributed by atoms with van der Waals surface area (Å²) in [5.74, 6) is 1.18. The number of aryl methyl sites for hydroxylation is 2. The number of hydrogen-bond donors (Lipinski definition) is 2. The number of nitrogens with two attached hydrogens (primary N) is 1. The molecular weight excluding hydrogens is 324 g/mol. The van der Waals surface area contributed by atoms with Crippen molar-refractivity contribution in [1.29, 1.82) is 0 Å². The van der Waals surface area contributed by atoms with Crippen molar-refractivity contribution in [3.05, 3.63) is 33.8 Å². The molecule has 0 amide bonds. The molecule has 1 heterocycles. The van der Waals surface area contributed by atoms with E-state index in [4.69, 9.17) is 5.73 Å². The molecule has 1 aromatic carbocycles. The summed E-state index contributed by atoms with van der Waals surface area (Å²) in [5.41, 5.74) is 9.12. The van der Waals surface area contributed by atoms with E-state index in [-0.39, 0.29) is 0 Å². The molecule has 0 saturated carbocycles. The van der Waals surface area contributed by atoms with Crippen molar-refractivity contribution in [2.75, 3.05) is 17.3 Å². The van der Waals surface area contributed by atoms with Crippen LogP contribution in [0.2, 0.25) is 0 Å². The van der Waals surface area contributed by atoms with Gasteiger partial charge in [0, 0.05) is 16.2 Å². The van der Waals surface area contributed by atoms with Gasteiger partial charge in [-0.2, -0.15) is 0 Å². The molecule has 0 fully saturated rings. The molecule has 0 atom stereocenters. The summed E-state index contributed by atoms with van der Waals surface area (Å²) in [5, 5.41) is 3.98. The van der Waals surface area contributed by atoms with Gasteiger partial charge in [0.05, 0.1) is 0 Å². The van der Waals surface area contributed by atoms with Gasteiger partial charge in [0.15, 0.2) is 5.16 Å². The highest BCUT2D eigenvalue weighted by Gasteiger charge is 2.07. The maximum Gasteiger partial charge on any atom is 0.191 e. The maximum absolute atomic E-state index is 5.78. The van der Waals surface area contributed by atoms with Gasteiger partial charge in [0.1, 0.15) is 11.6 Å². The van der Waals surface area contributed by atoms with Crippen LogP contribution >= 0.6 is 27.7 Å². The Kier molecular flexibility index (Phi) is 4.31. The van der Waals surface area contributed by atoms with E-state index in [0.717, 1.165) is 21.3 Å². The lowest BCUT2D eigenvalue weighted by Crippen LogP contribution is -2.02. The summed E-state index contributed by atoms with van der Waals surface area (Å²) in [7, 11) is 0. The average molecular weight is 339 g/mol. The lowest BCUT2D eigenvalue weighted by atomic mass is 10.1. The Bertz CT molecular complexity index is 593. The second-order valence-corrected chi connectivity index (χ2v) is 5.89. The Morgan fingerprint density at radius 1 is 1.16 bits per heavy atom. The highest BCUT2D eigenvalue weighted by molar-refractivity contribution is 9.10. The minimum Gasteiger partial charge on any atom is -0.383 e. The Hall–Kier alpha value is -1.27. The van der Waals surface area contributed by atoms with Crippen molar-refractivity contribution >= 4 is 45.0 Å². The first kappa shape index (κ1) is 14.1. The zero-order valence-electron chi connectivity index (χ0n) is 11.0. The number of nitrogen functional groups attached to an aromatic ring is 1. The van der Waals surface area contributed by atoms with Gasteiger partial charge < -0.3 is 11.1 Å². The normalized spacial score (nSPS) is 10.5. The second-order valence-electron chi connectivity index (χ2n) is 4.20. The summed E-state index contributed by atoms with van der Waals surface area (Å²) >= 11 is 4.96. The third-order valence-electron chi connectivity index (χ3n) is 2.66. The molecular formula is C13H15BrN4S. The number of benzene rings is 1. The number of nitrogens with one attached hydrogen (secondary N) is 1. The van der Waals surface area contributed by atoms with Crippen molar-refractivity contribution in [3.63, 3.8) is 0 Å². The van der Waals surface area contributed by atoms with E-state index < -0.39 is 0 Å². The lowest BCUT2D eigenvalue weighted by Gasteiger charge is -2.13. The molecule has 0 aliphatic heterocycles. The van der Waals surface area contributed by atoms with E-state index in [1.165, 1.54) is 11.8 Å². The third-order valence-corrected chi connectivity index (χ3v) is 3.66. The summed E-state index contributed by atoms with van der Waals surface area (Å²) in [6, 6.07) is 5.87. The minimum atomic E-state index is 0.467. The lowest BCUT2D eigenvalue weighted by molar-refractivity contribution is 0.983. The third kappa shape index (κ3) is 3.39. The van der Waals surface area contributed by atoms with Crippen molar-refractivity contribution in [2.24, 2.45) is 0 Å². The van der Waals surface area contributed by atoms with Crippen LogP contribution in [0.4, 0.5) is 17.3 Å². The summed E-state index contributed by atoms with van der Waals surface area (Å²) in [6.45, 7) is 4.11. The zero-order valence-corrected chi connectivity index (χ0v) is 13.4. The fourth-order valence-corrected chi connectivity index (χ4v) is 2.91. The van der Waals surface area contributed by atoms with E-state index in [1.807, 2.05) is 6.26 Å². The van der Waals surface area contributed by atoms with E-state index in [2.05, 4.69) is 57.2 Å². The van der Waals surface area contributed by atoms with Crippen LogP contribution in [-0.2, 0) is 0 Å². The predicted octanol–water partition coefficient (Wildman–Crippen LogP) is 3.90. The van der Waals surface area contributed by atoms with Crippen LogP contribution in [0.3, 0.4) is 0 Å². The SMILES string of the molecule is CSc1nc(N)cc(Nc2c(C)cc(Br)cc2C)n1. The van der Waals surface area contributed by atoms with Crippen molar-refractivity contribution in [1.82, 2.24) is 9.97 Å². The molecule has 6 heteroatoms. The van der Waals surface area contributed by atoms with Crippen LogP contribution in [0.25, 0.3) is 0 Å². The quantitative estimate of drug-likeness (QED) is 0.656. The number of rotatable bonds is 3. The summed E-state index contributed by atoms with van der Waals surface area (Å²) in [4.78, 5) is 8.54. The fraction of sp³-hybridized carbons (Fsp3) is 0.231. The first-order chi connectivity index (χ1) is 8.99. The molecule has 100 valence electrons. The van der Waals surface area contributed by atoms with E-state index >= 15 is 0 Å². The average Bonchev–Trinajstić information content (AvgIpc) is 2.33. The molecule has 0 saturated heterocycles. The van der Waals surface area contributed by atoms with E-state index in [1.54, 1.807) is 6.07 Å². The van der Waals surface area contributed by atoms with Crippen molar-refractivity contribution < 1.29 is 0 Å². The largest absolute Gasteiger partial charge is 0.383 e. The van der Waals surface area contributed by atoms with Crippen molar-refractivity contribution in [2.45, 2.75) is 19.0 Å². The molecule has 1 aromatic heterocycles. The highest BCUT2D eigenvalue weighted by atomic mass is 79.9. The van der Waals surface area contributed by atoms with Crippen LogP contribution in [-0.4, -0.2) is 16.2 Å². The predicted molar refractivity (Wildman–Crippen MR) is 85.1 cm³/mol. The minimum absolute atomic E-state index is 0.467. The van der Waals surface area contributed by atoms with Crippen molar-refractivity contribution in [3.8, 4) is 0 Å². The first-order valence-electron chi connectivity index (χ1n) is 5.72. The van der Waals surface area contributed by atoms with Gasteiger partial charge in [-0.3, -0.25) is 0 Å². The number of thioether (sulfide) groups is 1. The standard InChI is InChI=1S/C13H15BrN4S/c1-7-4-9(14)5-8(2)12(7)17-11-6-10(15)16-13(18-11)19-3/h4-6H,1-3H3,(H3,15,16,17,18). The number of aromatic nitrogens is 2. The number of halogens is 1. The van der Waals surface area contributed by atoms with Gasteiger partial charge in [0.2, 0.25) is 0 Å². The molecule has 4 nitrogen and oxygen atoms in total. The molecule has 0 unspecified atom stereocenters. The van der Waals surface area contributed by atoms with Crippen LogP contribution in [0.15, 0.2) is 27.8 Å². The van der Waals surface area contributed by atoms with Crippen LogP contribution in [0, 0.1) is 13.8 Å². The van der Waals surface area contributed by atoms with Gasteiger partial charge >= 0.3 is 0 Å². The Labute approximate surface area is 125 Å².